The minimum absolute atomic E-state index is 0.109. The molecule has 2 aliphatic carbocycles. The molecule has 2 aromatic heterocycles. The van der Waals surface area contributed by atoms with Gasteiger partial charge in [-0.25, -0.2) is 4.79 Å². The number of pyridine rings is 1. The zero-order valence-electron chi connectivity index (χ0n) is 19.8. The number of nitrogens with zero attached hydrogens (tertiary/aromatic N) is 3. The molecular weight excluding hydrogens is 448 g/mol. The predicted molar refractivity (Wildman–Crippen MR) is 136 cm³/mol. The number of halogens is 1. The lowest BCUT2D eigenvalue weighted by molar-refractivity contribution is 0.0919. The van der Waals surface area contributed by atoms with Gasteiger partial charge in [-0.3, -0.25) is 18.9 Å². The Morgan fingerprint density at radius 2 is 1.76 bits per heavy atom. The van der Waals surface area contributed by atoms with Crippen LogP contribution in [0.2, 0.25) is 5.02 Å². The molecule has 34 heavy (non-hydrogen) atoms. The summed E-state index contributed by atoms with van der Waals surface area (Å²) >= 11 is 6.03. The second kappa shape index (κ2) is 9.95. The van der Waals surface area contributed by atoms with Crippen molar-refractivity contribution in [2.24, 2.45) is 5.92 Å². The third-order valence-corrected chi connectivity index (χ3v) is 7.94. The van der Waals surface area contributed by atoms with Crippen molar-refractivity contribution in [3.63, 3.8) is 0 Å². The summed E-state index contributed by atoms with van der Waals surface area (Å²) in [6, 6.07) is 10.4. The largest absolute Gasteiger partial charge is 0.349 e. The van der Waals surface area contributed by atoms with E-state index in [9.17, 15) is 9.59 Å². The highest BCUT2D eigenvalue weighted by Crippen LogP contribution is 2.31. The van der Waals surface area contributed by atoms with Gasteiger partial charge in [0, 0.05) is 24.8 Å². The van der Waals surface area contributed by atoms with Crippen molar-refractivity contribution in [3.8, 4) is 0 Å². The Bertz CT molecular complexity index is 1230. The molecule has 0 spiro atoms. The molecule has 0 unspecified atom stereocenters. The van der Waals surface area contributed by atoms with Crippen LogP contribution in [0.1, 0.15) is 79.9 Å². The number of hydrogen-bond acceptors (Lipinski definition) is 3. The minimum Gasteiger partial charge on any atom is -0.349 e. The van der Waals surface area contributed by atoms with Crippen molar-refractivity contribution in [3.05, 3.63) is 63.3 Å². The maximum atomic E-state index is 13.5. The van der Waals surface area contributed by atoms with E-state index in [0.717, 1.165) is 56.1 Å². The van der Waals surface area contributed by atoms with Crippen LogP contribution in [0.25, 0.3) is 11.0 Å². The highest BCUT2D eigenvalue weighted by atomic mass is 35.5. The summed E-state index contributed by atoms with van der Waals surface area (Å²) in [5, 5.41) is 3.64. The summed E-state index contributed by atoms with van der Waals surface area (Å²) < 4.78 is 4.08. The van der Waals surface area contributed by atoms with Gasteiger partial charge >= 0.3 is 5.69 Å². The number of imidazole rings is 1. The summed E-state index contributed by atoms with van der Waals surface area (Å²) in [5.74, 6) is 0.328. The number of hydrogen-bond donors (Lipinski definition) is 1. The number of nitrogens with one attached hydrogen (secondary N) is 1. The first-order chi connectivity index (χ1) is 16.5. The van der Waals surface area contributed by atoms with Crippen molar-refractivity contribution >= 4 is 28.5 Å². The highest BCUT2D eigenvalue weighted by Gasteiger charge is 2.27. The van der Waals surface area contributed by atoms with E-state index in [0.29, 0.717) is 28.2 Å². The van der Waals surface area contributed by atoms with Crippen molar-refractivity contribution in [1.82, 2.24) is 19.4 Å². The van der Waals surface area contributed by atoms with Gasteiger partial charge < -0.3 is 5.32 Å². The number of aryl methyl sites for hydroxylation is 1. The minimum atomic E-state index is -0.109. The topological polar surface area (TPSA) is 68.9 Å². The zero-order chi connectivity index (χ0) is 23.7. The van der Waals surface area contributed by atoms with Crippen molar-refractivity contribution in [2.45, 2.75) is 83.3 Å². The maximum absolute atomic E-state index is 13.5. The van der Waals surface area contributed by atoms with Crippen LogP contribution in [0.5, 0.6) is 0 Å². The van der Waals surface area contributed by atoms with Crippen LogP contribution in [-0.2, 0) is 6.54 Å². The molecule has 0 atom stereocenters. The fraction of sp³-hybridized carbons (Fsp3) is 0.519. The van der Waals surface area contributed by atoms with Gasteiger partial charge in [0.15, 0.2) is 0 Å². The van der Waals surface area contributed by atoms with Gasteiger partial charge in [-0.15, -0.1) is 0 Å². The van der Waals surface area contributed by atoms with E-state index in [1.165, 1.54) is 19.3 Å². The molecule has 1 N–H and O–H groups in total. The third kappa shape index (κ3) is 4.65. The van der Waals surface area contributed by atoms with Gasteiger partial charge in [0.05, 0.1) is 27.3 Å². The molecule has 3 aromatic rings. The van der Waals surface area contributed by atoms with Gasteiger partial charge in [-0.2, -0.15) is 0 Å². The number of carbonyl (C=O) groups excluding carboxylic acids is 1. The quantitative estimate of drug-likeness (QED) is 0.512. The average Bonchev–Trinajstić information content (AvgIpc) is 3.13. The summed E-state index contributed by atoms with van der Waals surface area (Å²) in [6.45, 7) is 2.57. The van der Waals surface area contributed by atoms with Crippen LogP contribution in [0.3, 0.4) is 0 Å². The van der Waals surface area contributed by atoms with Crippen LogP contribution in [0.4, 0.5) is 0 Å². The maximum Gasteiger partial charge on any atom is 0.329 e. The van der Waals surface area contributed by atoms with Crippen LogP contribution >= 0.6 is 11.6 Å². The number of amides is 1. The molecule has 1 amide bonds. The number of rotatable bonds is 5. The van der Waals surface area contributed by atoms with E-state index < -0.39 is 0 Å². The Hall–Kier alpha value is -2.60. The van der Waals surface area contributed by atoms with Gasteiger partial charge in [-0.1, -0.05) is 43.0 Å². The molecule has 0 radical (unpaired) electrons. The van der Waals surface area contributed by atoms with E-state index in [1.54, 1.807) is 12.3 Å². The van der Waals surface area contributed by atoms with Crippen molar-refractivity contribution in [2.75, 3.05) is 0 Å². The first kappa shape index (κ1) is 23.2. The molecule has 0 bridgehead atoms. The van der Waals surface area contributed by atoms with Crippen molar-refractivity contribution < 1.29 is 4.79 Å². The Morgan fingerprint density at radius 1 is 1.06 bits per heavy atom. The lowest BCUT2D eigenvalue weighted by Gasteiger charge is -2.29. The fourth-order valence-corrected chi connectivity index (χ4v) is 6.01. The van der Waals surface area contributed by atoms with Crippen molar-refractivity contribution in [1.29, 1.82) is 0 Å². The van der Waals surface area contributed by atoms with E-state index in [1.807, 2.05) is 23.6 Å². The zero-order valence-corrected chi connectivity index (χ0v) is 20.6. The third-order valence-electron chi connectivity index (χ3n) is 7.73. The van der Waals surface area contributed by atoms with Gasteiger partial charge in [0.2, 0.25) is 0 Å². The summed E-state index contributed by atoms with van der Waals surface area (Å²) in [5.41, 5.74) is 3.50. The van der Waals surface area contributed by atoms with E-state index in [-0.39, 0.29) is 17.6 Å². The SMILES string of the molecule is Cc1ncc(Cl)cc1C(=O)NC1CCC(Cn2c(=O)n(C3CCCCC3)c3ccccc32)CC1. The van der Waals surface area contributed by atoms with Crippen LogP contribution in [0.15, 0.2) is 41.3 Å². The molecular formula is C27H33ClN4O2. The van der Waals surface area contributed by atoms with Crippen LogP contribution in [-0.4, -0.2) is 26.1 Å². The number of para-hydroxylation sites is 2. The predicted octanol–water partition coefficient (Wildman–Crippen LogP) is 5.65. The highest BCUT2D eigenvalue weighted by molar-refractivity contribution is 6.30. The Balaban J connectivity index is 1.26. The van der Waals surface area contributed by atoms with Gasteiger partial charge in [-0.05, 0) is 69.6 Å². The summed E-state index contributed by atoms with van der Waals surface area (Å²) in [7, 11) is 0. The number of carbonyl (C=O) groups is 1. The molecule has 2 fully saturated rings. The fourth-order valence-electron chi connectivity index (χ4n) is 5.85. The van der Waals surface area contributed by atoms with Crippen LogP contribution < -0.4 is 11.0 Å². The monoisotopic (exact) mass is 480 g/mol. The number of fused-ring (bicyclic) bond motifs is 1. The summed E-state index contributed by atoms with van der Waals surface area (Å²) in [4.78, 5) is 30.5. The Kier molecular flexibility index (Phi) is 6.77. The molecule has 2 heterocycles. The lowest BCUT2D eigenvalue weighted by atomic mass is 9.85. The van der Waals surface area contributed by atoms with Crippen LogP contribution in [0, 0.1) is 12.8 Å². The first-order valence-corrected chi connectivity index (χ1v) is 13.0. The number of benzene rings is 1. The standard InChI is InChI=1S/C27H33ClN4O2/c1-18-23(15-20(28)16-29-18)26(33)30-21-13-11-19(12-14-21)17-31-24-9-5-6-10-25(24)32(27(31)34)22-7-3-2-4-8-22/h5-6,9-10,15-16,19,21-22H,2-4,7-8,11-14,17H2,1H3,(H,30,33). The molecule has 0 aliphatic heterocycles. The normalized spacial score (nSPS) is 21.6. The Morgan fingerprint density at radius 3 is 2.50 bits per heavy atom. The second-order valence-corrected chi connectivity index (χ2v) is 10.5. The molecule has 0 saturated heterocycles. The average molecular weight is 481 g/mol. The molecule has 2 saturated carbocycles. The Labute approximate surface area is 205 Å². The van der Waals surface area contributed by atoms with Gasteiger partial charge in [0.25, 0.3) is 5.91 Å². The second-order valence-electron chi connectivity index (χ2n) is 10.0. The number of aromatic nitrogens is 3. The molecule has 180 valence electrons. The first-order valence-electron chi connectivity index (χ1n) is 12.6. The van der Waals surface area contributed by atoms with Gasteiger partial charge in [0.1, 0.15) is 0 Å². The molecule has 1 aromatic carbocycles. The molecule has 6 nitrogen and oxygen atoms in total. The molecule has 2 aliphatic rings. The van der Waals surface area contributed by atoms with E-state index in [2.05, 4.69) is 27.0 Å². The summed E-state index contributed by atoms with van der Waals surface area (Å²) in [6.07, 6.45) is 11.3. The molecule has 7 heteroatoms. The lowest BCUT2D eigenvalue weighted by Crippen LogP contribution is -2.39. The van der Waals surface area contributed by atoms with E-state index in [4.69, 9.17) is 11.6 Å². The van der Waals surface area contributed by atoms with E-state index >= 15 is 0 Å². The smallest absolute Gasteiger partial charge is 0.329 e. The molecule has 5 rings (SSSR count).